The Bertz CT molecular complexity index is 3870. The van der Waals surface area contributed by atoms with Crippen molar-refractivity contribution in [3.63, 3.8) is 0 Å². The van der Waals surface area contributed by atoms with Crippen molar-refractivity contribution in [3.05, 3.63) is 178 Å². The fourth-order valence-corrected chi connectivity index (χ4v) is 11.4. The highest BCUT2D eigenvalue weighted by Crippen LogP contribution is 2.44. The molecule has 0 aliphatic heterocycles. The number of ether oxygens (including phenoxy) is 3. The molecule has 15 nitrogen and oxygen atoms in total. The fraction of sp³-hybridized carbons (Fsp3) is 0.185. The number of ketones is 1. The van der Waals surface area contributed by atoms with Crippen LogP contribution in [0.1, 0.15) is 61.7 Å². The molecule has 4 N–H and O–H groups in total. The Labute approximate surface area is 443 Å². The number of nitrogens with two attached hydrogens (primary N) is 1. The first kappa shape index (κ1) is 53.5. The maximum absolute atomic E-state index is 12.2. The number of rotatable bonds is 8. The third kappa shape index (κ3) is 12.1. The zero-order valence-corrected chi connectivity index (χ0v) is 45.3. The van der Waals surface area contributed by atoms with E-state index < -0.39 is 5.63 Å². The van der Waals surface area contributed by atoms with Gasteiger partial charge in [0.15, 0.2) is 24.2 Å². The van der Waals surface area contributed by atoms with Gasteiger partial charge in [-0.3, -0.25) is 14.4 Å². The number of H-pyrrole nitrogens is 2. The molecule has 0 saturated heterocycles. The normalized spacial score (nSPS) is 11.5. The number of carbonyl (C=O) groups is 2. The predicted octanol–water partition coefficient (Wildman–Crippen LogP) is 9.87. The average Bonchev–Trinajstić information content (AvgIpc) is 3.99. The summed E-state index contributed by atoms with van der Waals surface area (Å²) in [4.78, 5) is 82.6. The average molecular weight is 1150 g/mol. The quantitative estimate of drug-likeness (QED) is 0.0426. The summed E-state index contributed by atoms with van der Waals surface area (Å²) in [7, 11) is 4.58. The molecule has 1 aliphatic rings. The van der Waals surface area contributed by atoms with Crippen molar-refractivity contribution in [2.45, 2.75) is 40.5 Å². The Kier molecular flexibility index (Phi) is 17.2. The van der Waals surface area contributed by atoms with Gasteiger partial charge in [-0.25, -0.2) is 14.6 Å². The number of Topliss-reactive ketones (excluding diaryl/α,β-unsaturated/α-hetero) is 1. The lowest BCUT2D eigenvalue weighted by Gasteiger charge is -2.16. The smallest absolute Gasteiger partial charge is 0.347 e. The molecule has 0 bridgehead atoms. The Morgan fingerprint density at radius 3 is 2.27 bits per heavy atom. The number of hydrogen-bond acceptors (Lipinski definition) is 15. The Morgan fingerprint density at radius 2 is 1.63 bits per heavy atom. The van der Waals surface area contributed by atoms with Crippen molar-refractivity contribution in [2.24, 2.45) is 0 Å². The molecule has 19 heteroatoms. The molecule has 4 aromatic carbocycles. The minimum absolute atomic E-state index is 0.0563. The van der Waals surface area contributed by atoms with Crippen molar-refractivity contribution in [1.29, 1.82) is 0 Å². The van der Waals surface area contributed by atoms with Crippen LogP contribution in [0.15, 0.2) is 110 Å². The molecule has 9 aromatic rings. The van der Waals surface area contributed by atoms with E-state index in [1.54, 1.807) is 49.6 Å². The number of esters is 1. The van der Waals surface area contributed by atoms with Crippen LogP contribution in [0.25, 0.3) is 55.7 Å². The maximum Gasteiger partial charge on any atom is 0.347 e. The van der Waals surface area contributed by atoms with Crippen LogP contribution in [-0.2, 0) is 17.6 Å². The van der Waals surface area contributed by atoms with Crippen molar-refractivity contribution >= 4 is 113 Å². The first-order valence-electron chi connectivity index (χ1n) is 22.5. The lowest BCUT2D eigenvalue weighted by atomic mass is 9.89. The number of nitrogens with zero attached hydrogens (tertiary/aromatic N) is 2. The Hall–Kier alpha value is -7.33. The van der Waals surface area contributed by atoms with E-state index in [1.165, 1.54) is 72.3 Å². The molecule has 1 aliphatic carbocycles. The van der Waals surface area contributed by atoms with Crippen LogP contribution in [0.2, 0.25) is 0 Å². The molecule has 0 radical (unpaired) electrons. The lowest BCUT2D eigenvalue weighted by molar-refractivity contribution is -0.428. The summed E-state index contributed by atoms with van der Waals surface area (Å²) in [6.07, 6.45) is 3.65. The van der Waals surface area contributed by atoms with Gasteiger partial charge in [0.1, 0.15) is 27.0 Å². The first-order valence-corrected chi connectivity index (χ1v) is 26.0. The number of benzene rings is 4. The van der Waals surface area contributed by atoms with Gasteiger partial charge in [0, 0.05) is 42.5 Å². The lowest BCUT2D eigenvalue weighted by Crippen LogP contribution is -2.19. The van der Waals surface area contributed by atoms with Gasteiger partial charge in [-0.05, 0) is 133 Å². The highest BCUT2D eigenvalue weighted by Gasteiger charge is 2.27. The fourth-order valence-electron chi connectivity index (χ4n) is 7.74. The van der Waals surface area contributed by atoms with Gasteiger partial charge >= 0.3 is 11.6 Å². The summed E-state index contributed by atoms with van der Waals surface area (Å²) in [6.45, 7) is 11.1. The second kappa shape index (κ2) is 23.5. The van der Waals surface area contributed by atoms with Gasteiger partial charge < -0.3 is 34.3 Å². The number of nitrogen functional groups attached to an aromatic ring is 1. The van der Waals surface area contributed by atoms with E-state index in [0.29, 0.717) is 60.0 Å². The van der Waals surface area contributed by atoms with Crippen molar-refractivity contribution in [3.8, 4) is 33.3 Å². The van der Waals surface area contributed by atoms with Crippen LogP contribution in [0.4, 0.5) is 10.7 Å². The second-order valence-electron chi connectivity index (χ2n) is 16.2. The molecule has 5 aromatic heterocycles. The van der Waals surface area contributed by atoms with Crippen molar-refractivity contribution in [2.75, 3.05) is 33.6 Å². The summed E-state index contributed by atoms with van der Waals surface area (Å²) in [5.74, 6) is 1.23. The first-order chi connectivity index (χ1) is 34.9. The highest BCUT2D eigenvalue weighted by molar-refractivity contribution is 14.1. The summed E-state index contributed by atoms with van der Waals surface area (Å²) in [5.41, 5.74) is 13.1. The van der Waals surface area contributed by atoms with E-state index in [9.17, 15) is 28.9 Å². The van der Waals surface area contributed by atoms with E-state index in [4.69, 9.17) is 24.4 Å². The molecule has 0 atom stereocenters. The predicted molar refractivity (Wildman–Crippen MR) is 300 cm³/mol. The highest BCUT2D eigenvalue weighted by atomic mass is 127. The monoisotopic (exact) mass is 1150 g/mol. The SMILES string of the molecule is C=c1[nH]c(=O)/c(=C\c2ccc(OC)c(I)c2)s1.CCOC(=O)c1c(N)sc2c1CCc1ccccc1-2.COc1cccc2cc(C(C)=O)c(=O)oc12.Cc1sc2nc(-c3ccc([N+](C)=O)cc3)[nH]c(=O)c2c1C. The van der Waals surface area contributed by atoms with Crippen molar-refractivity contribution in [1.82, 2.24) is 15.0 Å². The summed E-state index contributed by atoms with van der Waals surface area (Å²) >= 11 is 6.57. The number of methoxy groups -OCH3 is 2. The summed E-state index contributed by atoms with van der Waals surface area (Å²) < 4.78 is 23.6. The van der Waals surface area contributed by atoms with Gasteiger partial charge in [-0.15, -0.1) is 34.0 Å². The summed E-state index contributed by atoms with van der Waals surface area (Å²) in [6, 6.07) is 27.8. The summed E-state index contributed by atoms with van der Waals surface area (Å²) in [5, 5.41) is 1.90. The number of carbonyl (C=O) groups excluding carboxylic acids is 2. The molecule has 0 unspecified atom stereocenters. The van der Waals surface area contributed by atoms with Crippen LogP contribution in [-0.4, -0.2) is 59.3 Å². The van der Waals surface area contributed by atoms with Crippen LogP contribution < -0.4 is 41.1 Å². The molecule has 10 rings (SSSR count). The third-order valence-corrected chi connectivity index (χ3v) is 15.4. The third-order valence-electron chi connectivity index (χ3n) is 11.5. The molecule has 5 heterocycles. The second-order valence-corrected chi connectivity index (χ2v) is 20.8. The largest absolute Gasteiger partial charge is 0.496 e. The van der Waals surface area contributed by atoms with E-state index >= 15 is 0 Å². The Morgan fingerprint density at radius 1 is 0.904 bits per heavy atom. The van der Waals surface area contributed by atoms with E-state index in [-0.39, 0.29) is 28.4 Å². The van der Waals surface area contributed by atoms with Crippen LogP contribution in [0, 0.1) is 22.3 Å². The van der Waals surface area contributed by atoms with E-state index in [2.05, 4.69) is 56.3 Å². The minimum atomic E-state index is -0.635. The van der Waals surface area contributed by atoms with E-state index in [0.717, 1.165) is 63.8 Å². The number of anilines is 1. The Balaban J connectivity index is 0.000000143. The van der Waals surface area contributed by atoms with Gasteiger partial charge in [0.25, 0.3) is 16.8 Å². The molecule has 0 spiro atoms. The number of fused-ring (bicyclic) bond motifs is 5. The molecular weight excluding hydrogens is 1100 g/mol. The van der Waals surface area contributed by atoms with Crippen LogP contribution in [0.3, 0.4) is 0 Å². The van der Waals surface area contributed by atoms with Gasteiger partial charge in [0.05, 0.1) is 44.5 Å². The number of aryl methyl sites for hydroxylation is 3. The molecule has 0 amide bonds. The van der Waals surface area contributed by atoms with Gasteiger partial charge in [0.2, 0.25) is 0 Å². The standard InChI is InChI=1S/C15H13N3O2S.C15H15NO2S.C12H10INO2S.C12H10O4/c1-8-9(2)21-15-12(8)14(19)16-13(17-15)10-4-6-11(7-5-10)18(3)20;1-2-18-15(17)12-11-8-7-9-5-3-4-6-10(9)13(11)19-14(12)16;1-7-14-12(15)11(17-7)6-8-3-4-10(16-2)9(13)5-8;1-7(13)9-6-8-4-3-5-10(15-2)11(8)16-12(9)14/h4-7H,1-3H3;3-6H,2,7-8,16H2,1H3;3-6H,1H2,2H3,(H,14,15);3-6H,1-2H3/p+1/b;;11-6+;. The molecular formula is C54H49IN5O10S3+. The number of nitrogens with one attached hydrogen (secondary N) is 2. The molecule has 0 fully saturated rings. The minimum Gasteiger partial charge on any atom is -0.496 e. The van der Waals surface area contributed by atoms with Gasteiger partial charge in [-0.1, -0.05) is 49.0 Å². The number of nitroso groups, excluding NO2 is 1. The zero-order chi connectivity index (χ0) is 52.7. The number of para-hydroxylation sites is 1. The molecule has 374 valence electrons. The van der Waals surface area contributed by atoms with E-state index in [1.807, 2.05) is 57.2 Å². The van der Waals surface area contributed by atoms with Gasteiger partial charge in [-0.2, -0.15) is 0 Å². The van der Waals surface area contributed by atoms with Crippen molar-refractivity contribution < 1.29 is 33.0 Å². The zero-order valence-electron chi connectivity index (χ0n) is 40.7. The molecule has 0 saturated carbocycles. The number of hydrogen-bond donors (Lipinski definition) is 3. The number of aromatic amines is 2. The number of thiazole rings is 1. The molecule has 73 heavy (non-hydrogen) atoms. The number of thiophene rings is 2. The topological polar surface area (TPSA) is 217 Å². The van der Waals surface area contributed by atoms with Crippen LogP contribution >= 0.6 is 56.6 Å². The number of aromatic nitrogens is 3. The number of halogens is 1. The van der Waals surface area contributed by atoms with Crippen LogP contribution in [0.5, 0.6) is 11.5 Å². The maximum atomic E-state index is 12.2.